The molecule has 3 N–H and O–H groups in total. The number of likely N-dealkylation sites (tertiary alicyclic amines) is 1. The van der Waals surface area contributed by atoms with Gasteiger partial charge in [-0.1, -0.05) is 49.6 Å². The van der Waals surface area contributed by atoms with E-state index in [1.165, 1.54) is 6.42 Å². The predicted molar refractivity (Wildman–Crippen MR) is 96.6 cm³/mol. The maximum Gasteiger partial charge on any atom is 0.333 e. The highest BCUT2D eigenvalue weighted by atomic mass is 16.2. The molecule has 7 nitrogen and oxygen atoms in total. The number of hydrogen-bond acceptors (Lipinski definition) is 3. The molecule has 26 heavy (non-hydrogen) atoms. The van der Waals surface area contributed by atoms with E-state index >= 15 is 0 Å². The van der Waals surface area contributed by atoms with Crippen molar-refractivity contribution in [2.45, 2.75) is 51.1 Å². The van der Waals surface area contributed by atoms with Gasteiger partial charge in [-0.3, -0.25) is 15.0 Å². The number of nitrogens with one attached hydrogen (secondary N) is 3. The Kier molecular flexibility index (Phi) is 6.09. The fourth-order valence-electron chi connectivity index (χ4n) is 3.59. The Morgan fingerprint density at radius 3 is 2.50 bits per heavy atom. The third kappa shape index (κ3) is 4.97. The lowest BCUT2D eigenvalue weighted by Gasteiger charge is -2.23. The molecule has 0 aromatic heterocycles. The maximum atomic E-state index is 12.3. The summed E-state index contributed by atoms with van der Waals surface area (Å²) in [7, 11) is 0. The molecule has 2 fully saturated rings. The van der Waals surface area contributed by atoms with E-state index in [9.17, 15) is 14.4 Å². The Morgan fingerprint density at radius 1 is 1.04 bits per heavy atom. The van der Waals surface area contributed by atoms with Gasteiger partial charge in [-0.05, 0) is 18.4 Å². The van der Waals surface area contributed by atoms with E-state index in [-0.39, 0.29) is 24.3 Å². The summed E-state index contributed by atoms with van der Waals surface area (Å²) in [5, 5.41) is 2.87. The van der Waals surface area contributed by atoms with E-state index in [0.717, 1.165) is 31.2 Å². The number of rotatable bonds is 4. The Hall–Kier alpha value is -2.57. The van der Waals surface area contributed by atoms with Crippen LogP contribution < -0.4 is 16.2 Å². The first-order valence-electron chi connectivity index (χ1n) is 9.30. The first-order chi connectivity index (χ1) is 12.6. The Labute approximate surface area is 153 Å². The topological polar surface area (TPSA) is 90.5 Å². The smallest absolute Gasteiger partial charge is 0.333 e. The molecule has 1 aromatic carbocycles. The van der Waals surface area contributed by atoms with Crippen LogP contribution in [0.5, 0.6) is 0 Å². The van der Waals surface area contributed by atoms with Gasteiger partial charge < -0.3 is 10.2 Å². The van der Waals surface area contributed by atoms with Gasteiger partial charge in [0, 0.05) is 25.6 Å². The molecule has 140 valence electrons. The summed E-state index contributed by atoms with van der Waals surface area (Å²) in [6, 6.07) is 9.47. The monoisotopic (exact) mass is 358 g/mol. The van der Waals surface area contributed by atoms with Crippen molar-refractivity contribution in [2.75, 3.05) is 6.54 Å². The van der Waals surface area contributed by atoms with Crippen molar-refractivity contribution in [3.63, 3.8) is 0 Å². The molecule has 1 saturated heterocycles. The highest BCUT2D eigenvalue weighted by molar-refractivity contribution is 5.90. The zero-order chi connectivity index (χ0) is 18.4. The van der Waals surface area contributed by atoms with Crippen LogP contribution in [0.25, 0.3) is 0 Å². The molecule has 4 amide bonds. The third-order valence-corrected chi connectivity index (χ3v) is 5.04. The zero-order valence-electron chi connectivity index (χ0n) is 14.9. The molecule has 0 spiro atoms. The summed E-state index contributed by atoms with van der Waals surface area (Å²) >= 11 is 0. The Bertz CT molecular complexity index is 643. The van der Waals surface area contributed by atoms with Crippen molar-refractivity contribution < 1.29 is 14.4 Å². The number of benzene rings is 1. The van der Waals surface area contributed by atoms with Crippen molar-refractivity contribution in [3.05, 3.63) is 35.9 Å². The summed E-state index contributed by atoms with van der Waals surface area (Å²) in [5.74, 6) is -0.811. The minimum atomic E-state index is -0.443. The minimum Gasteiger partial charge on any atom is -0.338 e. The van der Waals surface area contributed by atoms with E-state index in [1.807, 2.05) is 30.3 Å². The summed E-state index contributed by atoms with van der Waals surface area (Å²) in [6.45, 7) is 0.866. The standard InChI is InChI=1S/C19H26N4O3/c24-17-11-15(13-23(17)12-14-7-3-1-4-8-14)18(25)21-22-19(26)20-16-9-5-2-6-10-16/h1,3-4,7-8,15-16H,2,5-6,9-13H2,(H,21,25)(H2,20,22,26). The van der Waals surface area contributed by atoms with Crippen LogP contribution in [0.3, 0.4) is 0 Å². The van der Waals surface area contributed by atoms with Gasteiger partial charge >= 0.3 is 6.03 Å². The molecular weight excluding hydrogens is 332 g/mol. The van der Waals surface area contributed by atoms with Crippen LogP contribution in [-0.2, 0) is 16.1 Å². The number of carbonyl (C=O) groups excluding carboxylic acids is 3. The fraction of sp³-hybridized carbons (Fsp3) is 0.526. The third-order valence-electron chi connectivity index (χ3n) is 5.04. The molecule has 0 bridgehead atoms. The quantitative estimate of drug-likeness (QED) is 0.716. The summed E-state index contributed by atoms with van der Waals surface area (Å²) < 4.78 is 0. The number of hydrazine groups is 1. The Balaban J connectivity index is 1.42. The number of nitrogens with zero attached hydrogens (tertiary/aromatic N) is 1. The van der Waals surface area contributed by atoms with Crippen LogP contribution >= 0.6 is 0 Å². The van der Waals surface area contributed by atoms with Crippen LogP contribution in [-0.4, -0.2) is 35.3 Å². The molecule has 1 aromatic rings. The fourth-order valence-corrected chi connectivity index (χ4v) is 3.59. The van der Waals surface area contributed by atoms with Gasteiger partial charge in [0.2, 0.25) is 11.8 Å². The second-order valence-electron chi connectivity index (χ2n) is 7.08. The highest BCUT2D eigenvalue weighted by Crippen LogP contribution is 2.20. The molecule has 1 aliphatic heterocycles. The van der Waals surface area contributed by atoms with E-state index in [1.54, 1.807) is 4.90 Å². The largest absolute Gasteiger partial charge is 0.338 e. The molecule has 3 rings (SSSR count). The van der Waals surface area contributed by atoms with E-state index in [4.69, 9.17) is 0 Å². The molecule has 2 aliphatic rings. The van der Waals surface area contributed by atoms with Gasteiger partial charge in [0.05, 0.1) is 5.92 Å². The number of hydrogen-bond donors (Lipinski definition) is 3. The lowest BCUT2D eigenvalue weighted by atomic mass is 9.96. The molecule has 0 radical (unpaired) electrons. The van der Waals surface area contributed by atoms with Crippen molar-refractivity contribution >= 4 is 17.8 Å². The van der Waals surface area contributed by atoms with Crippen molar-refractivity contribution in [1.29, 1.82) is 0 Å². The molecule has 1 heterocycles. The summed E-state index contributed by atoms with van der Waals surface area (Å²) in [6.07, 6.45) is 5.59. The average molecular weight is 358 g/mol. The van der Waals surface area contributed by atoms with E-state index in [2.05, 4.69) is 16.2 Å². The number of amides is 4. The van der Waals surface area contributed by atoms with Crippen LogP contribution in [0.2, 0.25) is 0 Å². The molecule has 1 unspecified atom stereocenters. The molecule has 1 saturated carbocycles. The normalized spacial score (nSPS) is 20.7. The van der Waals surface area contributed by atoms with Gasteiger partial charge in [0.1, 0.15) is 0 Å². The van der Waals surface area contributed by atoms with Crippen LogP contribution in [0.1, 0.15) is 44.1 Å². The summed E-state index contributed by atoms with van der Waals surface area (Å²) in [5.41, 5.74) is 5.88. The van der Waals surface area contributed by atoms with Crippen LogP contribution in [0.15, 0.2) is 30.3 Å². The zero-order valence-corrected chi connectivity index (χ0v) is 14.9. The molecule has 1 aliphatic carbocycles. The molecule has 7 heteroatoms. The van der Waals surface area contributed by atoms with Crippen molar-refractivity contribution in [3.8, 4) is 0 Å². The lowest BCUT2D eigenvalue weighted by molar-refractivity contribution is -0.129. The first-order valence-corrected chi connectivity index (χ1v) is 9.30. The lowest BCUT2D eigenvalue weighted by Crippen LogP contribution is -2.51. The number of urea groups is 1. The van der Waals surface area contributed by atoms with Crippen molar-refractivity contribution in [1.82, 2.24) is 21.1 Å². The van der Waals surface area contributed by atoms with E-state index in [0.29, 0.717) is 13.1 Å². The van der Waals surface area contributed by atoms with Gasteiger partial charge in [-0.25, -0.2) is 10.2 Å². The van der Waals surface area contributed by atoms with Gasteiger partial charge in [0.25, 0.3) is 0 Å². The van der Waals surface area contributed by atoms with Crippen LogP contribution in [0, 0.1) is 5.92 Å². The molecule has 1 atom stereocenters. The highest BCUT2D eigenvalue weighted by Gasteiger charge is 2.34. The minimum absolute atomic E-state index is 0.0411. The van der Waals surface area contributed by atoms with Gasteiger partial charge in [-0.15, -0.1) is 0 Å². The van der Waals surface area contributed by atoms with Gasteiger partial charge in [-0.2, -0.15) is 0 Å². The second kappa shape index (κ2) is 8.69. The SMILES string of the molecule is O=C(NNC(=O)C1CC(=O)N(Cc2ccccc2)C1)NC1CCCCC1. The van der Waals surface area contributed by atoms with Gasteiger partial charge in [0.15, 0.2) is 0 Å². The van der Waals surface area contributed by atoms with Crippen molar-refractivity contribution in [2.24, 2.45) is 5.92 Å². The van der Waals surface area contributed by atoms with E-state index < -0.39 is 11.9 Å². The maximum absolute atomic E-state index is 12.3. The average Bonchev–Trinajstić information content (AvgIpc) is 3.02. The van der Waals surface area contributed by atoms with Crippen LogP contribution in [0.4, 0.5) is 4.79 Å². The summed E-state index contributed by atoms with van der Waals surface area (Å²) in [4.78, 5) is 38.0. The molecular formula is C19H26N4O3. The number of carbonyl (C=O) groups is 3. The second-order valence-corrected chi connectivity index (χ2v) is 7.08. The predicted octanol–water partition coefficient (Wildman–Crippen LogP) is 1.70. The first kappa shape index (κ1) is 18.2. The Morgan fingerprint density at radius 2 is 1.77 bits per heavy atom.